The molecule has 0 spiro atoms. The lowest BCUT2D eigenvalue weighted by atomic mass is 9.81. The molecule has 5 atom stereocenters. The monoisotopic (exact) mass is 668 g/mol. The quantitative estimate of drug-likeness (QED) is 0.381. The molecule has 0 aromatic heterocycles. The molecule has 2 fully saturated rings. The molecule has 4 rings (SSSR count). The average Bonchev–Trinajstić information content (AvgIpc) is 2.98. The Morgan fingerprint density at radius 1 is 0.814 bits per heavy atom. The second-order valence-electron chi connectivity index (χ2n) is 11.6. The molecule has 2 aliphatic rings. The van der Waals surface area contributed by atoms with Gasteiger partial charge in [0.2, 0.25) is 11.8 Å². The van der Waals surface area contributed by atoms with E-state index < -0.39 is 10.8 Å². The van der Waals surface area contributed by atoms with Crippen molar-refractivity contribution in [3.63, 3.8) is 0 Å². The first kappa shape index (κ1) is 35.9. The number of nitrogens with zero attached hydrogens (tertiary/aromatic N) is 2. The second kappa shape index (κ2) is 18.4. The molecule has 2 saturated heterocycles. The third-order valence-electron chi connectivity index (χ3n) is 8.29. The van der Waals surface area contributed by atoms with E-state index in [9.17, 15) is 13.8 Å². The van der Waals surface area contributed by atoms with Crippen LogP contribution in [0.1, 0.15) is 35.8 Å². The van der Waals surface area contributed by atoms with Gasteiger partial charge >= 0.3 is 0 Å². The molecular formula is C32H46Cl2N4O3S2. The normalized spacial score (nSPS) is 23.5. The summed E-state index contributed by atoms with van der Waals surface area (Å²) < 4.78 is 12.2. The predicted molar refractivity (Wildman–Crippen MR) is 183 cm³/mol. The number of halogens is 2. The standard InChI is InChI=1S/C16H23ClN2O2S.C16H23ClN2OS/c1-18-16(20)11-22(21)10-13-9-19(2)8-7-15(13)12-3-5-14(17)6-4-12;1-18-16(20)11-21-10-13-9-19(2)8-7-15(13)12-3-5-14(17)6-4-12/h3-6,13,15H,7-11H2,1-2H3,(H,18,20);3-6,13,15H,7-11H2,1-2H3,(H,18,20)/t13-,15-,22?;13-,15-/m11/s1. The van der Waals surface area contributed by atoms with Gasteiger partial charge in [-0.05, 0) is 105 Å². The van der Waals surface area contributed by atoms with Crippen molar-refractivity contribution in [2.75, 3.05) is 77.4 Å². The van der Waals surface area contributed by atoms with E-state index in [0.717, 1.165) is 48.4 Å². The molecule has 11 heteroatoms. The first-order valence-electron chi connectivity index (χ1n) is 14.8. The molecule has 43 heavy (non-hydrogen) atoms. The van der Waals surface area contributed by atoms with E-state index in [1.54, 1.807) is 25.9 Å². The number of nitrogens with one attached hydrogen (secondary N) is 2. The van der Waals surface area contributed by atoms with Crippen molar-refractivity contribution in [1.29, 1.82) is 0 Å². The molecule has 2 aliphatic heterocycles. The summed E-state index contributed by atoms with van der Waals surface area (Å²) in [4.78, 5) is 27.4. The van der Waals surface area contributed by atoms with Gasteiger partial charge in [0.1, 0.15) is 5.75 Å². The first-order chi connectivity index (χ1) is 20.6. The molecule has 0 bridgehead atoms. The van der Waals surface area contributed by atoms with Crippen LogP contribution in [-0.4, -0.2) is 103 Å². The Balaban J connectivity index is 0.000000236. The lowest BCUT2D eigenvalue weighted by molar-refractivity contribution is -0.118. The van der Waals surface area contributed by atoms with E-state index in [2.05, 4.69) is 58.8 Å². The minimum atomic E-state index is -1.13. The van der Waals surface area contributed by atoms with E-state index in [4.69, 9.17) is 23.2 Å². The van der Waals surface area contributed by atoms with Crippen LogP contribution in [0.5, 0.6) is 0 Å². The Kier molecular flexibility index (Phi) is 15.3. The maximum Gasteiger partial charge on any atom is 0.232 e. The highest BCUT2D eigenvalue weighted by Gasteiger charge is 2.31. The van der Waals surface area contributed by atoms with Crippen LogP contribution in [0.3, 0.4) is 0 Å². The van der Waals surface area contributed by atoms with Crippen molar-refractivity contribution in [3.05, 3.63) is 69.7 Å². The lowest BCUT2D eigenvalue weighted by Crippen LogP contribution is -2.40. The fourth-order valence-corrected chi connectivity index (χ4v) is 8.66. The molecule has 0 saturated carbocycles. The molecule has 2 heterocycles. The van der Waals surface area contributed by atoms with Gasteiger partial charge in [0, 0.05) is 53.8 Å². The number of amides is 2. The summed E-state index contributed by atoms with van der Waals surface area (Å²) in [7, 11) is 6.40. The van der Waals surface area contributed by atoms with Crippen LogP contribution in [-0.2, 0) is 20.4 Å². The largest absolute Gasteiger partial charge is 0.358 e. The van der Waals surface area contributed by atoms with Crippen molar-refractivity contribution in [3.8, 4) is 0 Å². The molecular weight excluding hydrogens is 623 g/mol. The number of benzene rings is 2. The molecule has 2 aromatic rings. The second-order valence-corrected chi connectivity index (χ2v) is 15.0. The van der Waals surface area contributed by atoms with E-state index in [1.807, 2.05) is 24.3 Å². The highest BCUT2D eigenvalue weighted by Crippen LogP contribution is 2.35. The minimum Gasteiger partial charge on any atom is -0.358 e. The van der Waals surface area contributed by atoms with Crippen LogP contribution in [0, 0.1) is 11.8 Å². The highest BCUT2D eigenvalue weighted by molar-refractivity contribution is 7.99. The number of rotatable bonds is 10. The SMILES string of the molecule is CNC(=O)CS(=O)C[C@H]1CN(C)CC[C@@H]1c1ccc(Cl)cc1.CNC(=O)CSC[C@H]1CN(C)CC[C@@H]1c1ccc(Cl)cc1. The molecule has 0 radical (unpaired) electrons. The van der Waals surface area contributed by atoms with Crippen molar-refractivity contribution >= 4 is 57.6 Å². The van der Waals surface area contributed by atoms with Crippen LogP contribution in [0.4, 0.5) is 0 Å². The number of carbonyl (C=O) groups excluding carboxylic acids is 2. The average molecular weight is 670 g/mol. The van der Waals surface area contributed by atoms with Gasteiger partial charge in [-0.15, -0.1) is 0 Å². The van der Waals surface area contributed by atoms with Crippen molar-refractivity contribution in [2.45, 2.75) is 24.7 Å². The molecule has 1 unspecified atom stereocenters. The van der Waals surface area contributed by atoms with E-state index in [0.29, 0.717) is 35.2 Å². The lowest BCUT2D eigenvalue weighted by Gasteiger charge is -2.37. The van der Waals surface area contributed by atoms with E-state index >= 15 is 0 Å². The first-order valence-corrected chi connectivity index (χ1v) is 18.2. The summed E-state index contributed by atoms with van der Waals surface area (Å²) in [5.74, 6) is 3.98. The summed E-state index contributed by atoms with van der Waals surface area (Å²) >= 11 is 13.7. The Bertz CT molecular complexity index is 1190. The summed E-state index contributed by atoms with van der Waals surface area (Å²) in [5, 5.41) is 6.73. The van der Waals surface area contributed by atoms with Crippen LogP contribution >= 0.6 is 35.0 Å². The minimum absolute atomic E-state index is 0.0874. The Morgan fingerprint density at radius 3 is 1.77 bits per heavy atom. The van der Waals surface area contributed by atoms with Crippen molar-refractivity contribution in [2.24, 2.45) is 11.8 Å². The molecule has 2 amide bonds. The maximum atomic E-state index is 12.2. The molecule has 7 nitrogen and oxygen atoms in total. The summed E-state index contributed by atoms with van der Waals surface area (Å²) in [6.45, 7) is 4.16. The van der Waals surface area contributed by atoms with Gasteiger partial charge in [0.15, 0.2) is 0 Å². The zero-order valence-corrected chi connectivity index (χ0v) is 28.8. The smallest absolute Gasteiger partial charge is 0.232 e. The number of hydrogen-bond donors (Lipinski definition) is 2. The van der Waals surface area contributed by atoms with Crippen LogP contribution in [0.2, 0.25) is 10.0 Å². The zero-order valence-electron chi connectivity index (χ0n) is 25.7. The van der Waals surface area contributed by atoms with Crippen LogP contribution in [0.15, 0.2) is 48.5 Å². The van der Waals surface area contributed by atoms with Crippen molar-refractivity contribution < 1.29 is 13.8 Å². The molecule has 0 aliphatic carbocycles. The molecule has 2 aromatic carbocycles. The summed E-state index contributed by atoms with van der Waals surface area (Å²) in [6.07, 6.45) is 2.21. The van der Waals surface area contributed by atoms with Crippen molar-refractivity contribution in [1.82, 2.24) is 20.4 Å². The van der Waals surface area contributed by atoms with Gasteiger partial charge in [0.25, 0.3) is 0 Å². The fraction of sp³-hybridized carbons (Fsp3) is 0.562. The molecule has 238 valence electrons. The fourth-order valence-electron chi connectivity index (χ4n) is 5.95. The van der Waals surface area contributed by atoms with E-state index in [-0.39, 0.29) is 17.6 Å². The highest BCUT2D eigenvalue weighted by atomic mass is 35.5. The van der Waals surface area contributed by atoms with Gasteiger partial charge in [-0.1, -0.05) is 47.5 Å². The predicted octanol–water partition coefficient (Wildman–Crippen LogP) is 4.72. The van der Waals surface area contributed by atoms with Crippen LogP contribution in [0.25, 0.3) is 0 Å². The number of piperidine rings is 2. The van der Waals surface area contributed by atoms with Gasteiger partial charge < -0.3 is 20.4 Å². The third kappa shape index (κ3) is 12.0. The van der Waals surface area contributed by atoms with Gasteiger partial charge in [-0.25, -0.2) is 0 Å². The topological polar surface area (TPSA) is 81.8 Å². The Morgan fingerprint density at radius 2 is 1.28 bits per heavy atom. The Labute approximate surface area is 274 Å². The number of likely N-dealkylation sites (tertiary alicyclic amines) is 2. The van der Waals surface area contributed by atoms with Gasteiger partial charge in [-0.2, -0.15) is 11.8 Å². The number of thioether (sulfide) groups is 1. The summed E-state index contributed by atoms with van der Waals surface area (Å²) in [5.41, 5.74) is 2.62. The number of carbonyl (C=O) groups is 2. The Hall–Kier alpha value is -1.62. The number of hydrogen-bond acceptors (Lipinski definition) is 6. The third-order valence-corrected chi connectivity index (χ3v) is 11.3. The summed E-state index contributed by atoms with van der Waals surface area (Å²) in [6, 6.07) is 16.2. The maximum absolute atomic E-state index is 12.2. The molecule has 2 N–H and O–H groups in total. The van der Waals surface area contributed by atoms with Gasteiger partial charge in [-0.3, -0.25) is 13.8 Å². The van der Waals surface area contributed by atoms with E-state index in [1.165, 1.54) is 17.5 Å². The van der Waals surface area contributed by atoms with Crippen LogP contribution < -0.4 is 10.6 Å². The zero-order chi connectivity index (χ0) is 31.4. The van der Waals surface area contributed by atoms with Gasteiger partial charge in [0.05, 0.1) is 5.75 Å².